The number of carboxylic acids is 1. The summed E-state index contributed by atoms with van der Waals surface area (Å²) in [6.45, 7) is 0.472. The molecule has 128 valence electrons. The van der Waals surface area contributed by atoms with E-state index in [1.807, 2.05) is 36.4 Å². The summed E-state index contributed by atoms with van der Waals surface area (Å²) in [7, 11) is 0. The normalized spacial score (nSPS) is 11.1. The Labute approximate surface area is 148 Å². The number of carbonyl (C=O) groups is 1. The van der Waals surface area contributed by atoms with Gasteiger partial charge >= 0.3 is 5.97 Å². The van der Waals surface area contributed by atoms with Gasteiger partial charge in [0, 0.05) is 12.7 Å². The summed E-state index contributed by atoms with van der Waals surface area (Å²) in [5.41, 5.74) is 8.51. The number of aromatic carboxylic acids is 1. The van der Waals surface area contributed by atoms with Crippen molar-refractivity contribution in [3.63, 3.8) is 0 Å². The van der Waals surface area contributed by atoms with Crippen LogP contribution >= 0.6 is 0 Å². The van der Waals surface area contributed by atoms with Gasteiger partial charge in [-0.1, -0.05) is 36.4 Å². The number of aromatic amines is 1. The van der Waals surface area contributed by atoms with Gasteiger partial charge < -0.3 is 15.8 Å². The van der Waals surface area contributed by atoms with Crippen LogP contribution in [0.5, 0.6) is 0 Å². The van der Waals surface area contributed by atoms with E-state index in [0.717, 1.165) is 16.7 Å². The number of nitrogens with one attached hydrogen (secondary N) is 1. The topological polar surface area (TPSA) is 96.2 Å². The summed E-state index contributed by atoms with van der Waals surface area (Å²) < 4.78 is 0. The molecule has 0 aliphatic carbocycles. The van der Waals surface area contributed by atoms with Gasteiger partial charge in [-0.3, -0.25) is 4.79 Å². The van der Waals surface area contributed by atoms with Gasteiger partial charge in [0.1, 0.15) is 0 Å². The molecule has 1 heterocycles. The molecular formula is C21H16N2O3. The Balaban J connectivity index is 2.06. The Morgan fingerprint density at radius 3 is 2.38 bits per heavy atom. The Morgan fingerprint density at radius 1 is 0.962 bits per heavy atom. The fourth-order valence-corrected chi connectivity index (χ4v) is 3.30. The maximum absolute atomic E-state index is 12.4. The van der Waals surface area contributed by atoms with Crippen LogP contribution in [-0.4, -0.2) is 16.1 Å². The predicted molar refractivity (Wildman–Crippen MR) is 102 cm³/mol. The van der Waals surface area contributed by atoms with E-state index in [9.17, 15) is 14.7 Å². The molecule has 3 aromatic carbocycles. The highest BCUT2D eigenvalue weighted by molar-refractivity contribution is 6.16. The zero-order chi connectivity index (χ0) is 18.3. The number of carboxylic acid groups (broad SMARTS) is 1. The summed E-state index contributed by atoms with van der Waals surface area (Å²) in [5.74, 6) is -1.02. The molecule has 0 atom stereocenters. The first-order chi connectivity index (χ1) is 12.6. The second kappa shape index (κ2) is 6.13. The van der Waals surface area contributed by atoms with Crippen LogP contribution in [0.2, 0.25) is 0 Å². The van der Waals surface area contributed by atoms with Crippen LogP contribution in [0.1, 0.15) is 15.9 Å². The van der Waals surface area contributed by atoms with Gasteiger partial charge in [0.15, 0.2) is 0 Å². The molecule has 0 amide bonds. The number of hydrogen-bond acceptors (Lipinski definition) is 3. The molecular weight excluding hydrogens is 328 g/mol. The number of nitrogens with two attached hydrogens (primary N) is 1. The van der Waals surface area contributed by atoms with E-state index in [-0.39, 0.29) is 11.1 Å². The van der Waals surface area contributed by atoms with E-state index in [4.69, 9.17) is 5.73 Å². The monoisotopic (exact) mass is 344 g/mol. The average Bonchev–Trinajstić information content (AvgIpc) is 2.67. The summed E-state index contributed by atoms with van der Waals surface area (Å²) >= 11 is 0. The molecule has 0 spiro atoms. The minimum atomic E-state index is -1.02. The van der Waals surface area contributed by atoms with Gasteiger partial charge in [-0.05, 0) is 51.0 Å². The smallest absolute Gasteiger partial charge is 0.336 e. The summed E-state index contributed by atoms with van der Waals surface area (Å²) in [5, 5.41) is 11.8. The second-order valence-electron chi connectivity index (χ2n) is 6.16. The lowest BCUT2D eigenvalue weighted by molar-refractivity contribution is 0.0699. The highest BCUT2D eigenvalue weighted by Crippen LogP contribution is 2.31. The number of H-pyrrole nitrogens is 1. The minimum Gasteiger partial charge on any atom is -0.478 e. The lowest BCUT2D eigenvalue weighted by Gasteiger charge is -2.10. The molecule has 4 rings (SSSR count). The van der Waals surface area contributed by atoms with Crippen LogP contribution in [-0.2, 0) is 6.54 Å². The second-order valence-corrected chi connectivity index (χ2v) is 6.16. The van der Waals surface area contributed by atoms with Crippen LogP contribution in [0.4, 0.5) is 0 Å². The maximum Gasteiger partial charge on any atom is 0.336 e. The molecule has 0 fully saturated rings. The van der Waals surface area contributed by atoms with Gasteiger partial charge in [-0.15, -0.1) is 0 Å². The van der Waals surface area contributed by atoms with Crippen molar-refractivity contribution in [1.82, 2.24) is 4.98 Å². The molecule has 0 saturated carbocycles. The van der Waals surface area contributed by atoms with E-state index in [0.29, 0.717) is 28.1 Å². The number of fused-ring (bicyclic) bond motifs is 3. The third-order valence-corrected chi connectivity index (χ3v) is 4.63. The molecule has 26 heavy (non-hydrogen) atoms. The van der Waals surface area contributed by atoms with Crippen molar-refractivity contribution in [2.75, 3.05) is 0 Å². The SMILES string of the molecule is NCc1ccc(-c2ccc3c(C(=O)O)cc4cc[nH]c(=O)c4c3c2)cc1. The molecule has 0 unspecified atom stereocenters. The van der Waals surface area contributed by atoms with Crippen molar-refractivity contribution in [3.05, 3.63) is 82.3 Å². The molecule has 0 aliphatic heterocycles. The molecule has 0 saturated heterocycles. The Hall–Kier alpha value is -3.44. The zero-order valence-electron chi connectivity index (χ0n) is 13.8. The van der Waals surface area contributed by atoms with E-state index in [1.165, 1.54) is 6.20 Å². The predicted octanol–water partition coefficient (Wildman–Crippen LogP) is 3.51. The number of aromatic nitrogens is 1. The molecule has 1 aromatic heterocycles. The van der Waals surface area contributed by atoms with E-state index in [1.54, 1.807) is 18.2 Å². The molecule has 4 N–H and O–H groups in total. The Morgan fingerprint density at radius 2 is 1.69 bits per heavy atom. The quantitative estimate of drug-likeness (QED) is 0.496. The van der Waals surface area contributed by atoms with Gasteiger partial charge in [0.25, 0.3) is 5.56 Å². The molecule has 0 bridgehead atoms. The number of hydrogen-bond donors (Lipinski definition) is 3. The minimum absolute atomic E-state index is 0.183. The van der Waals surface area contributed by atoms with Gasteiger partial charge in [0.2, 0.25) is 0 Å². The van der Waals surface area contributed by atoms with E-state index >= 15 is 0 Å². The average molecular weight is 344 g/mol. The molecule has 5 heteroatoms. The fourth-order valence-electron chi connectivity index (χ4n) is 3.30. The van der Waals surface area contributed by atoms with Crippen molar-refractivity contribution in [2.45, 2.75) is 6.54 Å². The van der Waals surface area contributed by atoms with Gasteiger partial charge in [-0.25, -0.2) is 4.79 Å². The lowest BCUT2D eigenvalue weighted by Crippen LogP contribution is -2.07. The van der Waals surface area contributed by atoms with Crippen LogP contribution < -0.4 is 11.3 Å². The first-order valence-corrected chi connectivity index (χ1v) is 8.19. The number of benzene rings is 3. The Bertz CT molecular complexity index is 1210. The van der Waals surface area contributed by atoms with Crippen molar-refractivity contribution >= 4 is 27.5 Å². The first kappa shape index (κ1) is 16.1. The van der Waals surface area contributed by atoms with Crippen LogP contribution in [0, 0.1) is 0 Å². The largest absolute Gasteiger partial charge is 0.478 e. The summed E-state index contributed by atoms with van der Waals surface area (Å²) in [6, 6.07) is 16.6. The molecule has 5 nitrogen and oxygen atoms in total. The fraction of sp³-hybridized carbons (Fsp3) is 0.0476. The molecule has 0 aliphatic rings. The number of pyridine rings is 1. The Kier molecular flexibility index (Phi) is 3.78. The number of rotatable bonds is 3. The third-order valence-electron chi connectivity index (χ3n) is 4.63. The highest BCUT2D eigenvalue weighted by atomic mass is 16.4. The standard InChI is InChI=1S/C21H16N2O3/c22-11-12-1-3-13(4-2-12)14-5-6-16-17(9-14)19-15(7-8-23-20(19)24)10-18(16)21(25)26/h1-10H,11,22H2,(H,23,24)(H,25,26). The molecule has 0 radical (unpaired) electrons. The van der Waals surface area contributed by atoms with Crippen molar-refractivity contribution in [1.29, 1.82) is 0 Å². The maximum atomic E-state index is 12.4. The van der Waals surface area contributed by atoms with Crippen molar-refractivity contribution in [3.8, 4) is 11.1 Å². The van der Waals surface area contributed by atoms with E-state index < -0.39 is 5.97 Å². The van der Waals surface area contributed by atoms with Crippen molar-refractivity contribution in [2.24, 2.45) is 5.73 Å². The van der Waals surface area contributed by atoms with Crippen LogP contribution in [0.25, 0.3) is 32.7 Å². The summed E-state index contributed by atoms with van der Waals surface area (Å²) in [4.78, 5) is 26.7. The lowest BCUT2D eigenvalue weighted by atomic mass is 9.94. The van der Waals surface area contributed by atoms with Crippen LogP contribution in [0.3, 0.4) is 0 Å². The van der Waals surface area contributed by atoms with Gasteiger partial charge in [0.05, 0.1) is 10.9 Å². The third kappa shape index (κ3) is 2.55. The molecule has 4 aromatic rings. The van der Waals surface area contributed by atoms with Gasteiger partial charge in [-0.2, -0.15) is 0 Å². The first-order valence-electron chi connectivity index (χ1n) is 8.19. The van der Waals surface area contributed by atoms with E-state index in [2.05, 4.69) is 4.98 Å². The van der Waals surface area contributed by atoms with Crippen molar-refractivity contribution < 1.29 is 9.90 Å². The zero-order valence-corrected chi connectivity index (χ0v) is 13.8. The highest BCUT2D eigenvalue weighted by Gasteiger charge is 2.14. The van der Waals surface area contributed by atoms with Crippen LogP contribution in [0.15, 0.2) is 65.6 Å². The summed E-state index contributed by atoms with van der Waals surface area (Å²) in [6.07, 6.45) is 1.53.